The first-order valence-electron chi connectivity index (χ1n) is 9.96. The summed E-state index contributed by atoms with van der Waals surface area (Å²) in [5.41, 5.74) is 1.78. The van der Waals surface area contributed by atoms with Crippen molar-refractivity contribution in [3.05, 3.63) is 77.6 Å². The van der Waals surface area contributed by atoms with E-state index in [0.717, 1.165) is 29.2 Å². The van der Waals surface area contributed by atoms with E-state index in [1.165, 1.54) is 11.8 Å². The van der Waals surface area contributed by atoms with Crippen molar-refractivity contribution in [3.8, 4) is 5.75 Å². The predicted octanol–water partition coefficient (Wildman–Crippen LogP) is 5.17. The second kappa shape index (κ2) is 11.6. The number of para-hydroxylation sites is 1. The molecule has 0 saturated heterocycles. The molecule has 0 fully saturated rings. The number of nitrogens with zero attached hydrogens (tertiary/aromatic N) is 3. The van der Waals surface area contributed by atoms with Gasteiger partial charge in [-0.2, -0.15) is 0 Å². The Morgan fingerprint density at radius 3 is 2.81 bits per heavy atom. The number of aryl methyl sites for hydroxylation is 2. The lowest BCUT2D eigenvalue weighted by molar-refractivity contribution is -0.113. The van der Waals surface area contributed by atoms with Crippen LogP contribution in [0.1, 0.15) is 17.8 Å². The second-order valence-electron chi connectivity index (χ2n) is 6.86. The van der Waals surface area contributed by atoms with E-state index in [1.54, 1.807) is 6.08 Å². The quantitative estimate of drug-likeness (QED) is 0.245. The summed E-state index contributed by atoms with van der Waals surface area (Å²) in [5, 5.41) is 12.9. The lowest BCUT2D eigenvalue weighted by Gasteiger charge is -2.10. The minimum atomic E-state index is -0.0855. The van der Waals surface area contributed by atoms with Gasteiger partial charge >= 0.3 is 0 Å². The van der Waals surface area contributed by atoms with Crippen LogP contribution in [0.3, 0.4) is 0 Å². The van der Waals surface area contributed by atoms with Crippen LogP contribution >= 0.6 is 23.4 Å². The number of allylic oxidation sites excluding steroid dienone is 1. The van der Waals surface area contributed by atoms with E-state index in [1.807, 2.05) is 60.0 Å². The molecule has 6 nitrogen and oxygen atoms in total. The molecule has 0 radical (unpaired) electrons. The summed E-state index contributed by atoms with van der Waals surface area (Å²) < 4.78 is 7.85. The smallest absolute Gasteiger partial charge is 0.234 e. The van der Waals surface area contributed by atoms with E-state index >= 15 is 0 Å². The molecular formula is C23H25ClN4O2S. The van der Waals surface area contributed by atoms with Crippen LogP contribution in [0.15, 0.2) is 66.3 Å². The molecule has 1 amide bonds. The molecule has 0 aliphatic carbocycles. The fourth-order valence-electron chi connectivity index (χ4n) is 2.96. The standard InChI is InChI=1S/C23H25ClN4O2S/c1-3-13-28-21(10-7-14-30-20-12-11-18(24)15-17(20)2)26-27-23(28)31-16-22(29)25-19-8-5-4-6-9-19/h3-6,8-9,11-12,15H,1,7,10,13-14,16H2,2H3,(H,25,29). The summed E-state index contributed by atoms with van der Waals surface area (Å²) in [6, 6.07) is 15.0. The van der Waals surface area contributed by atoms with E-state index < -0.39 is 0 Å². The Balaban J connectivity index is 1.52. The summed E-state index contributed by atoms with van der Waals surface area (Å²) in [4.78, 5) is 12.2. The van der Waals surface area contributed by atoms with E-state index in [-0.39, 0.29) is 11.7 Å². The van der Waals surface area contributed by atoms with E-state index in [2.05, 4.69) is 22.1 Å². The number of nitrogens with one attached hydrogen (secondary N) is 1. The Kier molecular flexibility index (Phi) is 8.55. The first-order valence-corrected chi connectivity index (χ1v) is 11.3. The maximum absolute atomic E-state index is 12.2. The van der Waals surface area contributed by atoms with Gasteiger partial charge in [0.25, 0.3) is 0 Å². The molecule has 0 bridgehead atoms. The van der Waals surface area contributed by atoms with Gasteiger partial charge in [0.1, 0.15) is 11.6 Å². The number of aromatic nitrogens is 3. The van der Waals surface area contributed by atoms with Gasteiger partial charge in [-0.25, -0.2) is 0 Å². The molecule has 3 aromatic rings. The Hall–Kier alpha value is -2.77. The van der Waals surface area contributed by atoms with E-state index in [9.17, 15) is 4.79 Å². The zero-order valence-electron chi connectivity index (χ0n) is 17.4. The van der Waals surface area contributed by atoms with Gasteiger partial charge in [-0.3, -0.25) is 4.79 Å². The number of benzene rings is 2. The van der Waals surface area contributed by atoms with E-state index in [0.29, 0.717) is 29.8 Å². The highest BCUT2D eigenvalue weighted by atomic mass is 35.5. The number of rotatable bonds is 11. The van der Waals surface area contributed by atoms with Crippen LogP contribution in [0.5, 0.6) is 5.75 Å². The highest BCUT2D eigenvalue weighted by Crippen LogP contribution is 2.22. The molecule has 1 N–H and O–H groups in total. The van der Waals surface area contributed by atoms with Crippen molar-refractivity contribution < 1.29 is 9.53 Å². The van der Waals surface area contributed by atoms with Crippen molar-refractivity contribution in [2.75, 3.05) is 17.7 Å². The zero-order valence-corrected chi connectivity index (χ0v) is 19.0. The SMILES string of the molecule is C=CCn1c(CCCOc2ccc(Cl)cc2C)nnc1SCC(=O)Nc1ccccc1. The normalized spacial score (nSPS) is 10.6. The van der Waals surface area contributed by atoms with Gasteiger partial charge in [0.2, 0.25) is 5.91 Å². The molecule has 31 heavy (non-hydrogen) atoms. The number of hydrogen-bond donors (Lipinski definition) is 1. The summed E-state index contributed by atoms with van der Waals surface area (Å²) in [5.74, 6) is 1.85. The second-order valence-corrected chi connectivity index (χ2v) is 8.24. The first kappa shape index (κ1) is 22.9. The Morgan fingerprint density at radius 2 is 2.06 bits per heavy atom. The van der Waals surface area contributed by atoms with Crippen molar-refractivity contribution in [3.63, 3.8) is 0 Å². The van der Waals surface area contributed by atoms with E-state index in [4.69, 9.17) is 16.3 Å². The number of amides is 1. The van der Waals surface area contributed by atoms with Crippen molar-refractivity contribution in [1.82, 2.24) is 14.8 Å². The monoisotopic (exact) mass is 456 g/mol. The zero-order chi connectivity index (χ0) is 22.1. The fourth-order valence-corrected chi connectivity index (χ4v) is 3.95. The Bertz CT molecular complexity index is 1020. The highest BCUT2D eigenvalue weighted by Gasteiger charge is 2.14. The largest absolute Gasteiger partial charge is 0.493 e. The lowest BCUT2D eigenvalue weighted by atomic mass is 10.2. The molecule has 0 saturated carbocycles. The summed E-state index contributed by atoms with van der Waals surface area (Å²) in [7, 11) is 0. The molecule has 0 unspecified atom stereocenters. The lowest BCUT2D eigenvalue weighted by Crippen LogP contribution is -2.14. The summed E-state index contributed by atoms with van der Waals surface area (Å²) in [6.07, 6.45) is 3.30. The number of anilines is 1. The van der Waals surface area contributed by atoms with Crippen molar-refractivity contribution in [2.45, 2.75) is 31.5 Å². The minimum Gasteiger partial charge on any atom is -0.493 e. The maximum atomic E-state index is 12.2. The molecule has 0 atom stereocenters. The molecule has 2 aromatic carbocycles. The van der Waals surface area contributed by atoms with Crippen molar-refractivity contribution >= 4 is 35.0 Å². The van der Waals surface area contributed by atoms with Gasteiger partial charge in [-0.05, 0) is 49.2 Å². The third-order valence-corrected chi connectivity index (χ3v) is 5.64. The van der Waals surface area contributed by atoms with Gasteiger partial charge in [-0.15, -0.1) is 16.8 Å². The molecule has 3 rings (SSSR count). The average molecular weight is 457 g/mol. The molecule has 162 valence electrons. The number of halogens is 1. The highest BCUT2D eigenvalue weighted by molar-refractivity contribution is 7.99. The van der Waals surface area contributed by atoms with Gasteiger partial charge in [0, 0.05) is 23.7 Å². The van der Waals surface area contributed by atoms with Gasteiger partial charge in [0.15, 0.2) is 5.16 Å². The number of carbonyl (C=O) groups excluding carboxylic acids is 1. The minimum absolute atomic E-state index is 0.0855. The molecule has 0 spiro atoms. The number of ether oxygens (including phenoxy) is 1. The van der Waals surface area contributed by atoms with Crippen molar-refractivity contribution in [2.24, 2.45) is 0 Å². The molecule has 1 heterocycles. The van der Waals surface area contributed by atoms with Crippen molar-refractivity contribution in [1.29, 1.82) is 0 Å². The fraction of sp³-hybridized carbons (Fsp3) is 0.261. The van der Waals surface area contributed by atoms with Crippen LogP contribution in [0.4, 0.5) is 5.69 Å². The van der Waals surface area contributed by atoms with Gasteiger partial charge in [-0.1, -0.05) is 47.6 Å². The average Bonchev–Trinajstić information content (AvgIpc) is 3.13. The van der Waals surface area contributed by atoms with Crippen LogP contribution in [0.2, 0.25) is 5.02 Å². The summed E-state index contributed by atoms with van der Waals surface area (Å²) >= 11 is 7.35. The predicted molar refractivity (Wildman–Crippen MR) is 126 cm³/mol. The third kappa shape index (κ3) is 6.87. The number of thioether (sulfide) groups is 1. The van der Waals surface area contributed by atoms with Crippen LogP contribution in [-0.2, 0) is 17.8 Å². The van der Waals surface area contributed by atoms with Gasteiger partial charge in [0.05, 0.1) is 12.4 Å². The molecule has 1 aromatic heterocycles. The summed E-state index contributed by atoms with van der Waals surface area (Å²) in [6.45, 7) is 6.94. The van der Waals surface area contributed by atoms with Crippen LogP contribution in [-0.4, -0.2) is 33.0 Å². The third-order valence-electron chi connectivity index (χ3n) is 4.43. The number of hydrogen-bond acceptors (Lipinski definition) is 5. The van der Waals surface area contributed by atoms with Crippen LogP contribution < -0.4 is 10.1 Å². The number of carbonyl (C=O) groups is 1. The molecular weight excluding hydrogens is 432 g/mol. The van der Waals surface area contributed by atoms with Crippen LogP contribution in [0.25, 0.3) is 0 Å². The Morgan fingerprint density at radius 1 is 1.26 bits per heavy atom. The topological polar surface area (TPSA) is 69.0 Å². The maximum Gasteiger partial charge on any atom is 0.234 e. The van der Waals surface area contributed by atoms with Gasteiger partial charge < -0.3 is 14.6 Å². The van der Waals surface area contributed by atoms with Crippen LogP contribution in [0, 0.1) is 6.92 Å². The molecule has 0 aliphatic rings. The Labute approximate surface area is 191 Å². The first-order chi connectivity index (χ1) is 15.1. The molecule has 8 heteroatoms. The molecule has 0 aliphatic heterocycles.